The normalized spacial score (nSPS) is 14.2. The average molecular weight is 296 g/mol. The topological polar surface area (TPSA) is 57.5 Å². The van der Waals surface area contributed by atoms with E-state index in [1.54, 1.807) is 0 Å². The molecule has 68 valence electrons. The number of alkyl halides is 3. The molecule has 6 heteroatoms. The lowest BCUT2D eigenvalue weighted by Gasteiger charge is -1.99. The second-order valence-corrected chi connectivity index (χ2v) is 4.25. The van der Waals surface area contributed by atoms with Crippen molar-refractivity contribution in [2.45, 2.75) is 23.3 Å². The lowest BCUT2D eigenvalue weighted by Crippen LogP contribution is -1.96. The molecular weight excluding hydrogens is 287 g/mol. The highest BCUT2D eigenvalue weighted by Crippen LogP contribution is 2.13. The first kappa shape index (κ1) is 13.7. The Morgan fingerprint density at radius 3 is 1.82 bits per heavy atom. The van der Waals surface area contributed by atoms with E-state index >= 15 is 0 Å². The molecule has 2 unspecified atom stereocenters. The van der Waals surface area contributed by atoms with Crippen LogP contribution in [0.25, 0.3) is 0 Å². The molecule has 0 saturated carbocycles. The van der Waals surface area contributed by atoms with E-state index in [1.807, 2.05) is 6.92 Å². The van der Waals surface area contributed by atoms with E-state index in [2.05, 4.69) is 31.9 Å². The summed E-state index contributed by atoms with van der Waals surface area (Å²) in [5.41, 5.74) is 0. The van der Waals surface area contributed by atoms with E-state index < -0.39 is 11.2 Å². The minimum Gasteiger partial charge on any atom is -0.450 e. The predicted molar refractivity (Wildman–Crippen MR) is 47.5 cm³/mol. The standard InChI is InChI=1S/C4H7Br2F.CH2O3/c1-3(5)2-4(6)7;2-1(3)4/h3-4H,2H2,1H3;(H2,2,3,4). The Balaban J connectivity index is 0. The quantitative estimate of drug-likeness (QED) is 0.770. The minimum absolute atomic E-state index is 0.266. The van der Waals surface area contributed by atoms with Crippen LogP contribution in [0.1, 0.15) is 13.3 Å². The van der Waals surface area contributed by atoms with Crippen molar-refractivity contribution in [3.63, 3.8) is 0 Å². The van der Waals surface area contributed by atoms with E-state index in [4.69, 9.17) is 15.0 Å². The van der Waals surface area contributed by atoms with Gasteiger partial charge in [-0.1, -0.05) is 38.8 Å². The van der Waals surface area contributed by atoms with E-state index in [-0.39, 0.29) is 4.83 Å². The van der Waals surface area contributed by atoms with Gasteiger partial charge >= 0.3 is 6.16 Å². The average Bonchev–Trinajstić information content (AvgIpc) is 1.56. The molecule has 11 heavy (non-hydrogen) atoms. The number of rotatable bonds is 2. The molecular formula is C5H9Br2FO3. The summed E-state index contributed by atoms with van der Waals surface area (Å²) in [6.07, 6.45) is -1.31. The smallest absolute Gasteiger partial charge is 0.450 e. The summed E-state index contributed by atoms with van der Waals surface area (Å²) in [6, 6.07) is 0. The fourth-order valence-corrected chi connectivity index (χ4v) is 1.64. The number of hydrogen-bond donors (Lipinski definition) is 2. The predicted octanol–water partition coefficient (Wildman–Crippen LogP) is 3.07. The largest absolute Gasteiger partial charge is 0.503 e. The van der Waals surface area contributed by atoms with Crippen molar-refractivity contribution in [2.24, 2.45) is 0 Å². The first-order chi connectivity index (χ1) is 4.86. The van der Waals surface area contributed by atoms with E-state index in [1.165, 1.54) is 0 Å². The molecule has 0 aliphatic rings. The van der Waals surface area contributed by atoms with Crippen LogP contribution in [-0.4, -0.2) is 26.3 Å². The number of halogens is 3. The third kappa shape index (κ3) is 39.1. The Morgan fingerprint density at radius 2 is 1.82 bits per heavy atom. The van der Waals surface area contributed by atoms with Gasteiger partial charge in [-0.3, -0.25) is 0 Å². The van der Waals surface area contributed by atoms with Crippen molar-refractivity contribution in [1.82, 2.24) is 0 Å². The highest BCUT2D eigenvalue weighted by atomic mass is 79.9. The lowest BCUT2D eigenvalue weighted by atomic mass is 10.4. The fourth-order valence-electron chi connectivity index (χ4n) is 0.246. The highest BCUT2D eigenvalue weighted by molar-refractivity contribution is 9.10. The van der Waals surface area contributed by atoms with Crippen LogP contribution in [0.2, 0.25) is 0 Å². The molecule has 0 aromatic carbocycles. The summed E-state index contributed by atoms with van der Waals surface area (Å²) in [4.78, 5) is 8.82. The molecule has 2 N–H and O–H groups in total. The third-order valence-electron chi connectivity index (χ3n) is 0.503. The van der Waals surface area contributed by atoms with Crippen LogP contribution >= 0.6 is 31.9 Å². The number of carbonyl (C=O) groups is 1. The number of carboxylic acid groups (broad SMARTS) is 2. The molecule has 0 radical (unpaired) electrons. The molecule has 0 bridgehead atoms. The molecule has 0 aliphatic carbocycles. The van der Waals surface area contributed by atoms with Crippen LogP contribution in [0.4, 0.5) is 9.18 Å². The Morgan fingerprint density at radius 1 is 1.55 bits per heavy atom. The Labute approximate surface area is 80.9 Å². The Kier molecular flexibility index (Phi) is 10.3. The first-order valence-electron chi connectivity index (χ1n) is 2.70. The molecule has 0 amide bonds. The maximum absolute atomic E-state index is 11.8. The molecule has 0 aromatic rings. The van der Waals surface area contributed by atoms with Crippen LogP contribution in [0.3, 0.4) is 0 Å². The zero-order valence-corrected chi connectivity index (χ0v) is 8.97. The highest BCUT2D eigenvalue weighted by Gasteiger charge is 2.02. The van der Waals surface area contributed by atoms with Gasteiger partial charge in [-0.15, -0.1) is 0 Å². The van der Waals surface area contributed by atoms with E-state index in [9.17, 15) is 4.39 Å². The SMILES string of the molecule is CC(Br)CC(F)Br.O=C(O)O. The summed E-state index contributed by atoms with van der Waals surface area (Å²) in [5.74, 6) is 0. The van der Waals surface area contributed by atoms with Gasteiger partial charge in [0.05, 0.1) is 0 Å². The number of hydrogen-bond acceptors (Lipinski definition) is 1. The molecule has 2 atom stereocenters. The van der Waals surface area contributed by atoms with Crippen molar-refractivity contribution in [3.05, 3.63) is 0 Å². The zero-order chi connectivity index (χ0) is 9.44. The maximum Gasteiger partial charge on any atom is 0.503 e. The van der Waals surface area contributed by atoms with Crippen molar-refractivity contribution in [1.29, 1.82) is 0 Å². The second-order valence-electron chi connectivity index (χ2n) is 1.69. The Hall–Kier alpha value is 0.160. The molecule has 0 aromatic heterocycles. The van der Waals surface area contributed by atoms with Gasteiger partial charge in [0.15, 0.2) is 5.08 Å². The van der Waals surface area contributed by atoms with Crippen molar-refractivity contribution in [2.75, 3.05) is 0 Å². The lowest BCUT2D eigenvalue weighted by molar-refractivity contribution is 0.137. The van der Waals surface area contributed by atoms with E-state index in [0.29, 0.717) is 6.42 Å². The first-order valence-corrected chi connectivity index (χ1v) is 4.53. The summed E-state index contributed by atoms with van der Waals surface area (Å²) >= 11 is 5.98. The summed E-state index contributed by atoms with van der Waals surface area (Å²) in [6.45, 7) is 1.91. The fraction of sp³-hybridized carbons (Fsp3) is 0.800. The summed E-state index contributed by atoms with van der Waals surface area (Å²) in [7, 11) is 0. The van der Waals surface area contributed by atoms with Crippen molar-refractivity contribution < 1.29 is 19.4 Å². The van der Waals surface area contributed by atoms with Gasteiger partial charge < -0.3 is 10.2 Å². The van der Waals surface area contributed by atoms with Crippen molar-refractivity contribution in [3.8, 4) is 0 Å². The van der Waals surface area contributed by atoms with Gasteiger partial charge in [0, 0.05) is 11.2 Å². The Bertz CT molecular complexity index is 97.9. The van der Waals surface area contributed by atoms with Crippen LogP contribution in [0.5, 0.6) is 0 Å². The van der Waals surface area contributed by atoms with Gasteiger partial charge in [0.25, 0.3) is 0 Å². The van der Waals surface area contributed by atoms with Crippen molar-refractivity contribution >= 4 is 38.0 Å². The van der Waals surface area contributed by atoms with Crippen LogP contribution < -0.4 is 0 Å². The molecule has 0 rings (SSSR count). The van der Waals surface area contributed by atoms with Gasteiger partial charge in [0.2, 0.25) is 0 Å². The third-order valence-corrected chi connectivity index (χ3v) is 1.25. The van der Waals surface area contributed by atoms with Gasteiger partial charge in [-0.25, -0.2) is 9.18 Å². The zero-order valence-electron chi connectivity index (χ0n) is 5.80. The molecule has 3 nitrogen and oxygen atoms in total. The maximum atomic E-state index is 11.8. The van der Waals surface area contributed by atoms with Crippen LogP contribution in [0.15, 0.2) is 0 Å². The summed E-state index contributed by atoms with van der Waals surface area (Å²) in [5, 5.41) is 13.1. The van der Waals surface area contributed by atoms with Crippen LogP contribution in [0, 0.1) is 0 Å². The minimum atomic E-state index is -1.83. The molecule has 0 spiro atoms. The molecule has 0 saturated heterocycles. The van der Waals surface area contributed by atoms with Gasteiger partial charge in [-0.2, -0.15) is 0 Å². The molecule has 0 fully saturated rings. The van der Waals surface area contributed by atoms with Gasteiger partial charge in [-0.05, 0) is 0 Å². The molecule has 0 aliphatic heterocycles. The molecule has 0 heterocycles. The van der Waals surface area contributed by atoms with Gasteiger partial charge in [0.1, 0.15) is 0 Å². The second kappa shape index (κ2) is 8.26. The van der Waals surface area contributed by atoms with Crippen LogP contribution in [-0.2, 0) is 0 Å². The summed E-state index contributed by atoms with van der Waals surface area (Å²) < 4.78 is 11.8. The van der Waals surface area contributed by atoms with E-state index in [0.717, 1.165) is 0 Å². The monoisotopic (exact) mass is 294 g/mol.